The van der Waals surface area contributed by atoms with Gasteiger partial charge >= 0.3 is 0 Å². The van der Waals surface area contributed by atoms with Gasteiger partial charge in [-0.2, -0.15) is 0 Å². The molecule has 1 fully saturated rings. The van der Waals surface area contributed by atoms with Crippen molar-refractivity contribution in [2.75, 3.05) is 26.7 Å². The van der Waals surface area contributed by atoms with Crippen LogP contribution in [0.15, 0.2) is 0 Å². The molecule has 1 heterocycles. The minimum absolute atomic E-state index is 0.810. The maximum atomic E-state index is 3.44. The number of nitrogens with one attached hydrogen (secondary N) is 1. The maximum Gasteiger partial charge on any atom is 0.00896 e. The van der Waals surface area contributed by atoms with Gasteiger partial charge in [-0.25, -0.2) is 0 Å². The summed E-state index contributed by atoms with van der Waals surface area (Å²) in [4.78, 5) is 2.60. The summed E-state index contributed by atoms with van der Waals surface area (Å²) in [6.45, 7) is 8.37. The van der Waals surface area contributed by atoms with Crippen LogP contribution in [-0.4, -0.2) is 37.6 Å². The quantitative estimate of drug-likeness (QED) is 0.728. The molecular formula is C13H28N2. The average molecular weight is 212 g/mol. The van der Waals surface area contributed by atoms with E-state index >= 15 is 0 Å². The highest BCUT2D eigenvalue weighted by molar-refractivity contribution is 4.74. The molecule has 2 heteroatoms. The van der Waals surface area contributed by atoms with Gasteiger partial charge in [0, 0.05) is 12.6 Å². The molecule has 1 aliphatic heterocycles. The van der Waals surface area contributed by atoms with Crippen LogP contribution in [0.1, 0.15) is 46.0 Å². The molecule has 15 heavy (non-hydrogen) atoms. The molecule has 0 aromatic rings. The first-order valence-electron chi connectivity index (χ1n) is 6.68. The minimum atomic E-state index is 0.810. The predicted molar refractivity (Wildman–Crippen MR) is 67.2 cm³/mol. The lowest BCUT2D eigenvalue weighted by molar-refractivity contribution is 0.173. The van der Waals surface area contributed by atoms with Gasteiger partial charge in [-0.15, -0.1) is 0 Å². The van der Waals surface area contributed by atoms with Crippen LogP contribution in [0.2, 0.25) is 0 Å². The van der Waals surface area contributed by atoms with Gasteiger partial charge in [-0.05, 0) is 51.7 Å². The van der Waals surface area contributed by atoms with E-state index in [2.05, 4.69) is 31.1 Å². The molecule has 1 unspecified atom stereocenters. The minimum Gasteiger partial charge on any atom is -0.317 e. The van der Waals surface area contributed by atoms with Crippen LogP contribution in [0.3, 0.4) is 0 Å². The van der Waals surface area contributed by atoms with E-state index in [0.717, 1.165) is 12.0 Å². The van der Waals surface area contributed by atoms with Gasteiger partial charge in [0.1, 0.15) is 0 Å². The lowest BCUT2D eigenvalue weighted by atomic mass is 9.96. The molecule has 0 bridgehead atoms. The summed E-state index contributed by atoms with van der Waals surface area (Å²) in [6.07, 6.45) is 6.71. The summed E-state index contributed by atoms with van der Waals surface area (Å²) >= 11 is 0. The van der Waals surface area contributed by atoms with E-state index in [1.165, 1.54) is 51.7 Å². The lowest BCUT2D eigenvalue weighted by Gasteiger charge is -2.32. The third kappa shape index (κ3) is 4.52. The molecule has 0 saturated carbocycles. The van der Waals surface area contributed by atoms with E-state index in [-0.39, 0.29) is 0 Å². The van der Waals surface area contributed by atoms with E-state index < -0.39 is 0 Å². The highest BCUT2D eigenvalue weighted by Crippen LogP contribution is 2.16. The number of hydrogen-bond acceptors (Lipinski definition) is 2. The Hall–Kier alpha value is -0.0800. The van der Waals surface area contributed by atoms with Crippen LogP contribution in [0.4, 0.5) is 0 Å². The Kier molecular flexibility index (Phi) is 6.26. The molecule has 1 saturated heterocycles. The van der Waals surface area contributed by atoms with Crippen molar-refractivity contribution in [3.8, 4) is 0 Å². The van der Waals surface area contributed by atoms with Gasteiger partial charge < -0.3 is 10.2 Å². The number of rotatable bonds is 6. The van der Waals surface area contributed by atoms with Gasteiger partial charge in [-0.1, -0.05) is 20.3 Å². The molecule has 2 nitrogen and oxygen atoms in total. The zero-order chi connectivity index (χ0) is 11.1. The molecule has 0 spiro atoms. The van der Waals surface area contributed by atoms with Gasteiger partial charge in [0.25, 0.3) is 0 Å². The van der Waals surface area contributed by atoms with Gasteiger partial charge in [0.15, 0.2) is 0 Å². The summed E-state index contributed by atoms with van der Waals surface area (Å²) in [5.74, 6) is 0.933. The van der Waals surface area contributed by atoms with Gasteiger partial charge in [0.05, 0.1) is 0 Å². The molecule has 1 N–H and O–H groups in total. The van der Waals surface area contributed by atoms with Crippen molar-refractivity contribution in [2.45, 2.75) is 52.0 Å². The molecule has 1 aliphatic rings. The predicted octanol–water partition coefficient (Wildman–Crippen LogP) is 2.50. The smallest absolute Gasteiger partial charge is 0.00896 e. The van der Waals surface area contributed by atoms with Crippen molar-refractivity contribution in [3.05, 3.63) is 0 Å². The second-order valence-corrected chi connectivity index (χ2v) is 4.98. The number of nitrogens with zero attached hydrogens (tertiary/aromatic N) is 1. The molecule has 0 aromatic carbocycles. The van der Waals surface area contributed by atoms with E-state index in [4.69, 9.17) is 0 Å². The van der Waals surface area contributed by atoms with Crippen LogP contribution in [-0.2, 0) is 0 Å². The second kappa shape index (κ2) is 7.24. The fraction of sp³-hybridized carbons (Fsp3) is 1.00. The van der Waals surface area contributed by atoms with Crippen molar-refractivity contribution in [1.29, 1.82) is 0 Å². The molecule has 1 atom stereocenters. The zero-order valence-electron chi connectivity index (χ0n) is 10.8. The SMILES string of the molecule is CCCC(CC)N(C)CC1CCNCC1. The van der Waals surface area contributed by atoms with Gasteiger partial charge in [-0.3, -0.25) is 0 Å². The van der Waals surface area contributed by atoms with E-state index in [0.29, 0.717) is 0 Å². The maximum absolute atomic E-state index is 3.44. The van der Waals surface area contributed by atoms with Crippen LogP contribution >= 0.6 is 0 Å². The standard InChI is InChI=1S/C13H28N2/c1-4-6-13(5-2)15(3)11-12-7-9-14-10-8-12/h12-14H,4-11H2,1-3H3. The number of piperidine rings is 1. The molecular weight excluding hydrogens is 184 g/mol. The topological polar surface area (TPSA) is 15.3 Å². The Morgan fingerprint density at radius 1 is 1.27 bits per heavy atom. The molecule has 90 valence electrons. The Balaban J connectivity index is 2.27. The summed E-state index contributed by atoms with van der Waals surface area (Å²) < 4.78 is 0. The Morgan fingerprint density at radius 2 is 1.93 bits per heavy atom. The van der Waals surface area contributed by atoms with E-state index in [1.807, 2.05) is 0 Å². The lowest BCUT2D eigenvalue weighted by Crippen LogP contribution is -2.39. The highest BCUT2D eigenvalue weighted by Gasteiger charge is 2.18. The van der Waals surface area contributed by atoms with Crippen molar-refractivity contribution < 1.29 is 0 Å². The third-order valence-electron chi connectivity index (χ3n) is 3.72. The van der Waals surface area contributed by atoms with Crippen LogP contribution in [0.25, 0.3) is 0 Å². The molecule has 0 aliphatic carbocycles. The van der Waals surface area contributed by atoms with E-state index in [9.17, 15) is 0 Å². The first-order valence-corrected chi connectivity index (χ1v) is 6.68. The molecule has 0 aromatic heterocycles. The number of hydrogen-bond donors (Lipinski definition) is 1. The Bertz CT molecular complexity index is 153. The third-order valence-corrected chi connectivity index (χ3v) is 3.72. The zero-order valence-corrected chi connectivity index (χ0v) is 10.8. The highest BCUT2D eigenvalue weighted by atomic mass is 15.1. The summed E-state index contributed by atoms with van der Waals surface area (Å²) in [7, 11) is 2.31. The van der Waals surface area contributed by atoms with Crippen molar-refractivity contribution in [1.82, 2.24) is 10.2 Å². The van der Waals surface area contributed by atoms with E-state index in [1.54, 1.807) is 0 Å². The summed E-state index contributed by atoms with van der Waals surface area (Å²) in [6, 6.07) is 0.810. The summed E-state index contributed by atoms with van der Waals surface area (Å²) in [5, 5.41) is 3.44. The van der Waals surface area contributed by atoms with Crippen molar-refractivity contribution >= 4 is 0 Å². The van der Waals surface area contributed by atoms with Crippen molar-refractivity contribution in [2.24, 2.45) is 5.92 Å². The van der Waals surface area contributed by atoms with Crippen LogP contribution in [0, 0.1) is 5.92 Å². The second-order valence-electron chi connectivity index (χ2n) is 4.98. The Morgan fingerprint density at radius 3 is 2.47 bits per heavy atom. The normalized spacial score (nSPS) is 20.8. The first kappa shape index (κ1) is 13.0. The average Bonchev–Trinajstić information content (AvgIpc) is 2.27. The largest absolute Gasteiger partial charge is 0.317 e. The molecule has 0 radical (unpaired) electrons. The first-order chi connectivity index (χ1) is 7.27. The monoisotopic (exact) mass is 212 g/mol. The van der Waals surface area contributed by atoms with Crippen LogP contribution in [0.5, 0.6) is 0 Å². The Labute approximate surface area is 95.4 Å². The van der Waals surface area contributed by atoms with Crippen LogP contribution < -0.4 is 5.32 Å². The molecule has 1 rings (SSSR count). The fourth-order valence-electron chi connectivity index (χ4n) is 2.69. The van der Waals surface area contributed by atoms with Crippen molar-refractivity contribution in [3.63, 3.8) is 0 Å². The fourth-order valence-corrected chi connectivity index (χ4v) is 2.69. The van der Waals surface area contributed by atoms with Gasteiger partial charge in [0.2, 0.25) is 0 Å². The molecule has 0 amide bonds. The summed E-state index contributed by atoms with van der Waals surface area (Å²) in [5.41, 5.74) is 0.